The lowest BCUT2D eigenvalue weighted by Gasteiger charge is -2.17. The molecule has 0 aliphatic heterocycles. The Labute approximate surface area is 93.7 Å². The summed E-state index contributed by atoms with van der Waals surface area (Å²) in [6.07, 6.45) is 1.88. The Morgan fingerprint density at radius 2 is 1.80 bits per heavy atom. The van der Waals surface area contributed by atoms with Gasteiger partial charge >= 0.3 is 0 Å². The van der Waals surface area contributed by atoms with Crippen molar-refractivity contribution in [3.8, 4) is 12.1 Å². The summed E-state index contributed by atoms with van der Waals surface area (Å²) in [7, 11) is 0. The van der Waals surface area contributed by atoms with Gasteiger partial charge in [-0.2, -0.15) is 10.5 Å². The van der Waals surface area contributed by atoms with E-state index in [1.165, 1.54) is 11.8 Å². The van der Waals surface area contributed by atoms with Crippen molar-refractivity contribution in [2.45, 2.75) is 5.37 Å². The maximum atomic E-state index is 8.78. The van der Waals surface area contributed by atoms with Crippen LogP contribution >= 0.6 is 11.8 Å². The molecule has 1 aromatic carbocycles. The number of nitrogens with zero attached hydrogens (tertiary/aromatic N) is 2. The maximum absolute atomic E-state index is 8.78. The molecule has 1 rings (SSSR count). The zero-order chi connectivity index (χ0) is 11.1. The van der Waals surface area contributed by atoms with Crippen molar-refractivity contribution in [2.75, 3.05) is 11.6 Å². The number of nitriles is 2. The second kappa shape index (κ2) is 5.95. The van der Waals surface area contributed by atoms with Crippen molar-refractivity contribution < 1.29 is 0 Å². The first-order chi connectivity index (χ1) is 7.31. The van der Waals surface area contributed by atoms with Crippen molar-refractivity contribution >= 4 is 17.4 Å². The Morgan fingerprint density at radius 3 is 2.27 bits per heavy atom. The van der Waals surface area contributed by atoms with Crippen LogP contribution in [0.5, 0.6) is 0 Å². The van der Waals surface area contributed by atoms with Gasteiger partial charge in [-0.1, -0.05) is 18.2 Å². The van der Waals surface area contributed by atoms with Gasteiger partial charge in [0.25, 0.3) is 0 Å². The molecule has 0 spiro atoms. The summed E-state index contributed by atoms with van der Waals surface area (Å²) in [6, 6.07) is 13.5. The summed E-state index contributed by atoms with van der Waals surface area (Å²) in [4.78, 5) is 0. The number of rotatable bonds is 4. The molecule has 0 aromatic heterocycles. The first-order valence-electron chi connectivity index (χ1n) is 4.45. The van der Waals surface area contributed by atoms with Crippen LogP contribution < -0.4 is 5.32 Å². The molecular formula is C11H11N3S. The van der Waals surface area contributed by atoms with E-state index >= 15 is 0 Å². The molecular weight excluding hydrogens is 206 g/mol. The lowest BCUT2D eigenvalue weighted by atomic mass is 10.2. The second-order valence-corrected chi connectivity index (χ2v) is 3.88. The van der Waals surface area contributed by atoms with Crippen LogP contribution in [0.1, 0.15) is 0 Å². The van der Waals surface area contributed by atoms with Gasteiger partial charge in [-0.15, -0.1) is 11.8 Å². The highest BCUT2D eigenvalue weighted by Crippen LogP contribution is 2.19. The van der Waals surface area contributed by atoms with Crippen molar-refractivity contribution in [3.63, 3.8) is 0 Å². The molecule has 15 heavy (non-hydrogen) atoms. The minimum absolute atomic E-state index is 0.192. The topological polar surface area (TPSA) is 59.6 Å². The summed E-state index contributed by atoms with van der Waals surface area (Å²) in [5.74, 6) is -0.639. The molecule has 0 bridgehead atoms. The molecule has 0 radical (unpaired) electrons. The third kappa shape index (κ3) is 3.19. The molecule has 1 unspecified atom stereocenters. The highest BCUT2D eigenvalue weighted by Gasteiger charge is 2.19. The van der Waals surface area contributed by atoms with Crippen LogP contribution in [-0.4, -0.2) is 11.6 Å². The Hall–Kier alpha value is -1.65. The maximum Gasteiger partial charge on any atom is 0.162 e. The van der Waals surface area contributed by atoms with Crippen molar-refractivity contribution in [1.29, 1.82) is 10.5 Å². The van der Waals surface area contributed by atoms with E-state index in [4.69, 9.17) is 10.5 Å². The van der Waals surface area contributed by atoms with E-state index in [2.05, 4.69) is 5.32 Å². The number of thioether (sulfide) groups is 1. The molecule has 0 aliphatic rings. The van der Waals surface area contributed by atoms with Crippen LogP contribution in [0, 0.1) is 28.6 Å². The summed E-state index contributed by atoms with van der Waals surface area (Å²) in [5.41, 5.74) is 0.923. The molecule has 0 fully saturated rings. The minimum atomic E-state index is -0.639. The van der Waals surface area contributed by atoms with Crippen LogP contribution in [-0.2, 0) is 0 Å². The number of nitrogens with one attached hydrogen (secondary N) is 1. The van der Waals surface area contributed by atoms with E-state index in [1.807, 2.05) is 48.7 Å². The Kier molecular flexibility index (Phi) is 4.53. The van der Waals surface area contributed by atoms with Gasteiger partial charge in [-0.25, -0.2) is 0 Å². The van der Waals surface area contributed by atoms with Crippen molar-refractivity contribution in [1.82, 2.24) is 0 Å². The normalized spacial score (nSPS) is 11.5. The van der Waals surface area contributed by atoms with Gasteiger partial charge in [0, 0.05) is 5.69 Å². The summed E-state index contributed by atoms with van der Waals surface area (Å²) in [5, 5.41) is 20.5. The van der Waals surface area contributed by atoms with E-state index in [0.29, 0.717) is 0 Å². The highest BCUT2D eigenvalue weighted by molar-refractivity contribution is 7.99. The fourth-order valence-corrected chi connectivity index (χ4v) is 1.79. The van der Waals surface area contributed by atoms with Crippen LogP contribution in [0.25, 0.3) is 0 Å². The Balaban J connectivity index is 2.71. The van der Waals surface area contributed by atoms with Crippen molar-refractivity contribution in [2.24, 2.45) is 5.92 Å². The number of hydrogen-bond acceptors (Lipinski definition) is 4. The molecule has 3 nitrogen and oxygen atoms in total. The monoisotopic (exact) mass is 217 g/mol. The molecule has 4 heteroatoms. The molecule has 0 aliphatic carbocycles. The molecule has 1 atom stereocenters. The highest BCUT2D eigenvalue weighted by atomic mass is 32.2. The first-order valence-corrected chi connectivity index (χ1v) is 5.74. The summed E-state index contributed by atoms with van der Waals surface area (Å²) in [6.45, 7) is 0. The van der Waals surface area contributed by atoms with Crippen LogP contribution in [0.4, 0.5) is 5.69 Å². The predicted molar refractivity (Wildman–Crippen MR) is 62.1 cm³/mol. The van der Waals surface area contributed by atoms with Gasteiger partial charge in [0.05, 0.1) is 12.1 Å². The lowest BCUT2D eigenvalue weighted by molar-refractivity contribution is 0.836. The SMILES string of the molecule is CSC(Nc1ccccc1)C(C#N)C#N. The Bertz CT molecular complexity index is 363. The van der Waals surface area contributed by atoms with Gasteiger partial charge in [0.1, 0.15) is 5.37 Å². The van der Waals surface area contributed by atoms with Crippen molar-refractivity contribution in [3.05, 3.63) is 30.3 Å². The van der Waals surface area contributed by atoms with Gasteiger partial charge in [-0.05, 0) is 18.4 Å². The number of para-hydroxylation sites is 1. The first kappa shape index (κ1) is 11.4. The molecule has 1 aromatic rings. The van der Waals surface area contributed by atoms with Gasteiger partial charge in [-0.3, -0.25) is 0 Å². The van der Waals surface area contributed by atoms with Crippen LogP contribution in [0.3, 0.4) is 0 Å². The zero-order valence-corrected chi connectivity index (χ0v) is 9.16. The second-order valence-electron chi connectivity index (χ2n) is 2.90. The quantitative estimate of drug-likeness (QED) is 0.787. The minimum Gasteiger partial charge on any atom is -0.371 e. The largest absolute Gasteiger partial charge is 0.371 e. The third-order valence-electron chi connectivity index (χ3n) is 1.92. The molecule has 0 amide bonds. The zero-order valence-electron chi connectivity index (χ0n) is 8.34. The molecule has 0 saturated heterocycles. The number of benzene rings is 1. The number of hydrogen-bond donors (Lipinski definition) is 1. The number of anilines is 1. The predicted octanol–water partition coefficient (Wildman–Crippen LogP) is 2.45. The van der Waals surface area contributed by atoms with E-state index in [9.17, 15) is 0 Å². The summed E-state index contributed by atoms with van der Waals surface area (Å²) >= 11 is 1.47. The third-order valence-corrected chi connectivity index (χ3v) is 2.82. The average Bonchev–Trinajstić information content (AvgIpc) is 2.30. The van der Waals surface area contributed by atoms with E-state index < -0.39 is 5.92 Å². The van der Waals surface area contributed by atoms with Gasteiger partial charge in [0.2, 0.25) is 0 Å². The fourth-order valence-electron chi connectivity index (χ4n) is 1.14. The fraction of sp³-hybridized carbons (Fsp3) is 0.273. The molecule has 76 valence electrons. The van der Waals surface area contributed by atoms with Crippen LogP contribution in [0.2, 0.25) is 0 Å². The summed E-state index contributed by atoms with van der Waals surface area (Å²) < 4.78 is 0. The van der Waals surface area contributed by atoms with Gasteiger partial charge in [0.15, 0.2) is 5.92 Å². The lowest BCUT2D eigenvalue weighted by Crippen LogP contribution is -2.23. The van der Waals surface area contributed by atoms with Crippen LogP contribution in [0.15, 0.2) is 30.3 Å². The molecule has 0 heterocycles. The molecule has 0 saturated carbocycles. The van der Waals surface area contributed by atoms with E-state index in [1.54, 1.807) is 0 Å². The van der Waals surface area contributed by atoms with E-state index in [0.717, 1.165) is 5.69 Å². The smallest absolute Gasteiger partial charge is 0.162 e. The Morgan fingerprint density at radius 1 is 1.20 bits per heavy atom. The molecule has 1 N–H and O–H groups in total. The van der Waals surface area contributed by atoms with E-state index in [-0.39, 0.29) is 5.37 Å². The van der Waals surface area contributed by atoms with Gasteiger partial charge < -0.3 is 5.32 Å². The average molecular weight is 217 g/mol. The standard InChI is InChI=1S/C11H11N3S/c1-15-11(9(7-12)8-13)14-10-5-3-2-4-6-10/h2-6,9,11,14H,1H3.